The van der Waals surface area contributed by atoms with Crippen LogP contribution in [-0.2, 0) is 4.79 Å². The molecule has 0 aliphatic heterocycles. The first-order valence-electron chi connectivity index (χ1n) is 2.11. The fourth-order valence-electron chi connectivity index (χ4n) is 0.229. The molecule has 0 unspecified atom stereocenters. The largest absolute Gasteiger partial charge is 0.465 e. The first kappa shape index (κ1) is 6.94. The molecular formula is C4H7NO3. The van der Waals surface area contributed by atoms with Crippen molar-refractivity contribution in [3.05, 3.63) is 0 Å². The summed E-state index contributed by atoms with van der Waals surface area (Å²) in [6.07, 6.45) is -0.654. The predicted octanol–water partition coefficient (Wildman–Crippen LogP) is -0.159. The molecule has 0 bridgehead atoms. The lowest BCUT2D eigenvalue weighted by Crippen LogP contribution is -2.31. The van der Waals surface area contributed by atoms with Crippen molar-refractivity contribution in [3.8, 4) is 0 Å². The third-order valence-electron chi connectivity index (χ3n) is 0.555. The molecule has 0 rings (SSSR count). The van der Waals surface area contributed by atoms with Crippen LogP contribution in [0.1, 0.15) is 6.92 Å². The van der Waals surface area contributed by atoms with E-state index in [1.165, 1.54) is 6.92 Å². The second-order valence-corrected chi connectivity index (χ2v) is 1.37. The third kappa shape index (κ3) is 3.14. The van der Waals surface area contributed by atoms with Crippen LogP contribution >= 0.6 is 0 Å². The Morgan fingerprint density at radius 3 is 2.50 bits per heavy atom. The van der Waals surface area contributed by atoms with E-state index in [1.807, 2.05) is 5.32 Å². The first-order chi connectivity index (χ1) is 3.66. The van der Waals surface area contributed by atoms with Crippen molar-refractivity contribution in [2.24, 2.45) is 0 Å². The maximum Gasteiger partial charge on any atom is 0.405 e. The van der Waals surface area contributed by atoms with Crippen LogP contribution in [0.25, 0.3) is 0 Å². The van der Waals surface area contributed by atoms with Gasteiger partial charge >= 0.3 is 6.09 Å². The second kappa shape index (κ2) is 3.01. The fraction of sp³-hybridized carbons (Fsp3) is 0.500. The lowest BCUT2D eigenvalue weighted by molar-refractivity contribution is -0.109. The number of carbonyl (C=O) groups excluding carboxylic acids is 1. The Bertz CT molecular complexity index is 101. The van der Waals surface area contributed by atoms with Crippen LogP contribution in [0, 0.1) is 0 Å². The second-order valence-electron chi connectivity index (χ2n) is 1.37. The minimum absolute atomic E-state index is 0.522. The average Bonchev–Trinajstić information content (AvgIpc) is 1.65. The molecule has 4 nitrogen and oxygen atoms in total. The van der Waals surface area contributed by atoms with E-state index in [1.54, 1.807) is 0 Å². The monoisotopic (exact) mass is 117 g/mol. The van der Waals surface area contributed by atoms with E-state index in [4.69, 9.17) is 5.11 Å². The molecule has 0 spiro atoms. The van der Waals surface area contributed by atoms with Crippen molar-refractivity contribution >= 4 is 12.4 Å². The molecule has 46 valence electrons. The lowest BCUT2D eigenvalue weighted by atomic mass is 10.4. The van der Waals surface area contributed by atoms with Gasteiger partial charge in [0.05, 0.1) is 6.04 Å². The number of rotatable bonds is 2. The Kier molecular flexibility index (Phi) is 2.61. The van der Waals surface area contributed by atoms with Crippen LogP contribution in [0.4, 0.5) is 4.79 Å². The number of carbonyl (C=O) groups is 2. The van der Waals surface area contributed by atoms with Crippen molar-refractivity contribution in [1.82, 2.24) is 5.32 Å². The average molecular weight is 117 g/mol. The van der Waals surface area contributed by atoms with Gasteiger partial charge in [-0.2, -0.15) is 0 Å². The summed E-state index contributed by atoms with van der Waals surface area (Å²) < 4.78 is 0. The molecule has 0 aliphatic carbocycles. The van der Waals surface area contributed by atoms with Gasteiger partial charge in [-0.05, 0) is 6.92 Å². The normalized spacial score (nSPS) is 12.1. The van der Waals surface area contributed by atoms with Crippen molar-refractivity contribution in [3.63, 3.8) is 0 Å². The van der Waals surface area contributed by atoms with E-state index < -0.39 is 12.1 Å². The number of hydrogen-bond donors (Lipinski definition) is 2. The van der Waals surface area contributed by atoms with E-state index in [-0.39, 0.29) is 0 Å². The number of amides is 1. The van der Waals surface area contributed by atoms with Crippen LogP contribution in [-0.4, -0.2) is 23.5 Å². The highest BCUT2D eigenvalue weighted by atomic mass is 16.4. The summed E-state index contributed by atoms with van der Waals surface area (Å²) in [6.45, 7) is 1.46. The number of hydrogen-bond acceptors (Lipinski definition) is 2. The zero-order chi connectivity index (χ0) is 6.57. The van der Waals surface area contributed by atoms with E-state index in [0.29, 0.717) is 6.29 Å². The van der Waals surface area contributed by atoms with Crippen molar-refractivity contribution in [2.75, 3.05) is 0 Å². The van der Waals surface area contributed by atoms with E-state index in [9.17, 15) is 9.59 Å². The van der Waals surface area contributed by atoms with E-state index in [0.717, 1.165) is 0 Å². The molecule has 0 heterocycles. The van der Waals surface area contributed by atoms with Crippen LogP contribution < -0.4 is 5.32 Å². The Balaban J connectivity index is 3.38. The standard InChI is InChI=1S/C4H7NO3/c1-3(2-6)5-4(7)8/h2-3,5H,1H3,(H,7,8)/t3-/m1/s1. The SMILES string of the molecule is C[C@H](C=O)NC(=O)O. The molecule has 8 heavy (non-hydrogen) atoms. The quantitative estimate of drug-likeness (QED) is 0.494. The van der Waals surface area contributed by atoms with Crippen LogP contribution in [0.2, 0.25) is 0 Å². The van der Waals surface area contributed by atoms with Gasteiger partial charge in [-0.3, -0.25) is 0 Å². The van der Waals surface area contributed by atoms with Crippen molar-refractivity contribution < 1.29 is 14.7 Å². The van der Waals surface area contributed by atoms with Gasteiger partial charge < -0.3 is 15.2 Å². The highest BCUT2D eigenvalue weighted by Crippen LogP contribution is 1.70. The van der Waals surface area contributed by atoms with Gasteiger partial charge in [0, 0.05) is 0 Å². The highest BCUT2D eigenvalue weighted by Gasteiger charge is 1.99. The first-order valence-corrected chi connectivity index (χ1v) is 2.11. The summed E-state index contributed by atoms with van der Waals surface area (Å²) >= 11 is 0. The van der Waals surface area contributed by atoms with Gasteiger partial charge in [0.15, 0.2) is 0 Å². The molecule has 1 amide bonds. The highest BCUT2D eigenvalue weighted by molar-refractivity contribution is 5.70. The zero-order valence-corrected chi connectivity index (χ0v) is 4.42. The van der Waals surface area contributed by atoms with Gasteiger partial charge in [-0.15, -0.1) is 0 Å². The summed E-state index contributed by atoms with van der Waals surface area (Å²) in [5.41, 5.74) is 0. The predicted molar refractivity (Wildman–Crippen MR) is 26.7 cm³/mol. The molecule has 0 saturated heterocycles. The smallest absolute Gasteiger partial charge is 0.405 e. The van der Waals surface area contributed by atoms with Crippen LogP contribution in [0.3, 0.4) is 0 Å². The molecule has 1 atom stereocenters. The molecular weight excluding hydrogens is 110 g/mol. The molecule has 0 aliphatic rings. The minimum Gasteiger partial charge on any atom is -0.465 e. The van der Waals surface area contributed by atoms with Gasteiger partial charge in [-0.1, -0.05) is 0 Å². The topological polar surface area (TPSA) is 66.4 Å². The van der Waals surface area contributed by atoms with Gasteiger partial charge in [0.2, 0.25) is 0 Å². The number of nitrogens with one attached hydrogen (secondary N) is 1. The van der Waals surface area contributed by atoms with Gasteiger partial charge in [0.1, 0.15) is 6.29 Å². The van der Waals surface area contributed by atoms with Crippen molar-refractivity contribution in [1.29, 1.82) is 0 Å². The molecule has 0 saturated carbocycles. The number of carboxylic acid groups (broad SMARTS) is 1. The molecule has 0 radical (unpaired) electrons. The minimum atomic E-state index is -1.18. The molecule has 0 aromatic rings. The molecule has 2 N–H and O–H groups in total. The van der Waals surface area contributed by atoms with Gasteiger partial charge in [-0.25, -0.2) is 4.79 Å². The van der Waals surface area contributed by atoms with E-state index >= 15 is 0 Å². The summed E-state index contributed by atoms with van der Waals surface area (Å²) in [5, 5.41) is 9.89. The van der Waals surface area contributed by atoms with Crippen molar-refractivity contribution in [2.45, 2.75) is 13.0 Å². The Labute approximate surface area is 46.5 Å². The maximum atomic E-state index is 9.71. The third-order valence-corrected chi connectivity index (χ3v) is 0.555. The fourth-order valence-corrected chi connectivity index (χ4v) is 0.229. The molecule has 4 heteroatoms. The van der Waals surface area contributed by atoms with Gasteiger partial charge in [0.25, 0.3) is 0 Å². The molecule has 0 aromatic carbocycles. The Hall–Kier alpha value is -1.06. The maximum absolute atomic E-state index is 9.71. The summed E-state index contributed by atoms with van der Waals surface area (Å²) in [5.74, 6) is 0. The Morgan fingerprint density at radius 2 is 2.38 bits per heavy atom. The van der Waals surface area contributed by atoms with E-state index in [2.05, 4.69) is 0 Å². The van der Waals surface area contributed by atoms with Crippen LogP contribution in [0.5, 0.6) is 0 Å². The summed E-state index contributed by atoms with van der Waals surface area (Å²) in [6, 6.07) is -0.604. The zero-order valence-electron chi connectivity index (χ0n) is 4.42. The molecule has 0 aromatic heterocycles. The number of aldehydes is 1. The summed E-state index contributed by atoms with van der Waals surface area (Å²) in [7, 11) is 0. The Morgan fingerprint density at radius 1 is 1.88 bits per heavy atom. The van der Waals surface area contributed by atoms with Crippen LogP contribution in [0.15, 0.2) is 0 Å². The molecule has 0 fully saturated rings. The lowest BCUT2D eigenvalue weighted by Gasteiger charge is -1.99. The summed E-state index contributed by atoms with van der Waals surface area (Å²) in [4.78, 5) is 19.4.